The van der Waals surface area contributed by atoms with Crippen LogP contribution in [0.15, 0.2) is 65.7 Å². The smallest absolute Gasteiger partial charge is 0.168 e. The monoisotopic (exact) mass is 251 g/mol. The SMILES string of the molecule is CCN=C(CC(=O)c1ccccc1)c1ccccc1. The Labute approximate surface area is 113 Å². The molecule has 19 heavy (non-hydrogen) atoms. The summed E-state index contributed by atoms with van der Waals surface area (Å²) < 4.78 is 0. The number of Topliss-reactive ketones (excluding diaryl/α,β-unsaturated/α-hetero) is 1. The molecule has 2 heteroatoms. The number of rotatable bonds is 5. The molecule has 0 fully saturated rings. The standard InChI is InChI=1S/C17H17NO/c1-2-18-16(14-9-5-3-6-10-14)13-17(19)15-11-7-4-8-12-15/h3-12H,2,13H2,1H3. The van der Waals surface area contributed by atoms with Crippen molar-refractivity contribution in [2.24, 2.45) is 4.99 Å². The number of ketones is 1. The molecular formula is C17H17NO. The second-order valence-electron chi connectivity index (χ2n) is 4.25. The minimum atomic E-state index is 0.108. The molecule has 0 N–H and O–H groups in total. The number of aliphatic imine (C=N–C) groups is 1. The molecular weight excluding hydrogens is 234 g/mol. The van der Waals surface area contributed by atoms with Crippen LogP contribution in [-0.2, 0) is 0 Å². The maximum absolute atomic E-state index is 12.2. The van der Waals surface area contributed by atoms with Crippen molar-refractivity contribution in [3.05, 3.63) is 71.8 Å². The van der Waals surface area contributed by atoms with Crippen molar-refractivity contribution in [1.82, 2.24) is 0 Å². The first-order valence-electron chi connectivity index (χ1n) is 6.48. The average Bonchev–Trinajstić information content (AvgIpc) is 2.48. The van der Waals surface area contributed by atoms with Gasteiger partial charge < -0.3 is 0 Å². The van der Waals surface area contributed by atoms with Gasteiger partial charge in [0.1, 0.15) is 0 Å². The molecule has 0 amide bonds. The number of nitrogens with zero attached hydrogens (tertiary/aromatic N) is 1. The zero-order valence-corrected chi connectivity index (χ0v) is 11.0. The quantitative estimate of drug-likeness (QED) is 0.587. The van der Waals surface area contributed by atoms with Gasteiger partial charge in [0.15, 0.2) is 5.78 Å². The van der Waals surface area contributed by atoms with Gasteiger partial charge in [0, 0.05) is 17.8 Å². The molecule has 0 unspecified atom stereocenters. The van der Waals surface area contributed by atoms with Crippen molar-refractivity contribution in [1.29, 1.82) is 0 Å². The van der Waals surface area contributed by atoms with Crippen LogP contribution in [0, 0.1) is 0 Å². The van der Waals surface area contributed by atoms with E-state index < -0.39 is 0 Å². The summed E-state index contributed by atoms with van der Waals surface area (Å²) in [6.45, 7) is 2.67. The molecule has 2 aromatic rings. The summed E-state index contributed by atoms with van der Waals surface area (Å²) in [7, 11) is 0. The molecule has 0 atom stereocenters. The van der Waals surface area contributed by atoms with E-state index in [0.717, 1.165) is 16.8 Å². The van der Waals surface area contributed by atoms with E-state index in [0.29, 0.717) is 13.0 Å². The first kappa shape index (κ1) is 13.2. The van der Waals surface area contributed by atoms with Gasteiger partial charge in [-0.2, -0.15) is 0 Å². The second kappa shape index (κ2) is 6.64. The maximum Gasteiger partial charge on any atom is 0.168 e. The normalized spacial score (nSPS) is 11.3. The number of hydrogen-bond acceptors (Lipinski definition) is 2. The van der Waals surface area contributed by atoms with E-state index in [9.17, 15) is 4.79 Å². The molecule has 0 aromatic heterocycles. The predicted molar refractivity (Wildman–Crippen MR) is 78.9 cm³/mol. The summed E-state index contributed by atoms with van der Waals surface area (Å²) in [5, 5.41) is 0. The fourth-order valence-corrected chi connectivity index (χ4v) is 1.95. The highest BCUT2D eigenvalue weighted by molar-refractivity contribution is 6.15. The lowest BCUT2D eigenvalue weighted by molar-refractivity contribution is 0.100. The number of carbonyl (C=O) groups excluding carboxylic acids is 1. The lowest BCUT2D eigenvalue weighted by Crippen LogP contribution is -2.10. The Kier molecular flexibility index (Phi) is 4.62. The van der Waals surface area contributed by atoms with Crippen LogP contribution >= 0.6 is 0 Å². The molecule has 0 radical (unpaired) electrons. The van der Waals surface area contributed by atoms with Crippen LogP contribution < -0.4 is 0 Å². The van der Waals surface area contributed by atoms with Crippen molar-refractivity contribution in [2.75, 3.05) is 6.54 Å². The molecule has 0 aliphatic rings. The van der Waals surface area contributed by atoms with E-state index in [-0.39, 0.29) is 5.78 Å². The van der Waals surface area contributed by atoms with Gasteiger partial charge in [-0.3, -0.25) is 9.79 Å². The highest BCUT2D eigenvalue weighted by Gasteiger charge is 2.11. The van der Waals surface area contributed by atoms with Crippen LogP contribution in [0.4, 0.5) is 0 Å². The summed E-state index contributed by atoms with van der Waals surface area (Å²) in [6.07, 6.45) is 0.349. The summed E-state index contributed by atoms with van der Waals surface area (Å²) in [5.74, 6) is 0.108. The molecule has 2 rings (SSSR count). The predicted octanol–water partition coefficient (Wildman–Crippen LogP) is 3.77. The number of benzene rings is 2. The summed E-state index contributed by atoms with van der Waals surface area (Å²) in [4.78, 5) is 16.7. The molecule has 0 heterocycles. The van der Waals surface area contributed by atoms with Gasteiger partial charge in [0.05, 0.1) is 6.42 Å². The van der Waals surface area contributed by atoms with E-state index in [1.165, 1.54) is 0 Å². The third-order valence-corrected chi connectivity index (χ3v) is 2.88. The molecule has 96 valence electrons. The van der Waals surface area contributed by atoms with E-state index >= 15 is 0 Å². The minimum absolute atomic E-state index is 0.108. The van der Waals surface area contributed by atoms with Gasteiger partial charge in [0.2, 0.25) is 0 Å². The molecule has 2 aromatic carbocycles. The summed E-state index contributed by atoms with van der Waals surface area (Å²) >= 11 is 0. The molecule has 0 saturated heterocycles. The molecule has 0 saturated carbocycles. The average molecular weight is 251 g/mol. The van der Waals surface area contributed by atoms with Crippen LogP contribution in [0.1, 0.15) is 29.3 Å². The molecule has 0 aliphatic heterocycles. The van der Waals surface area contributed by atoms with Crippen molar-refractivity contribution in [3.8, 4) is 0 Å². The minimum Gasteiger partial charge on any atom is -0.294 e. The Hall–Kier alpha value is -2.22. The fourth-order valence-electron chi connectivity index (χ4n) is 1.95. The Morgan fingerprint density at radius 2 is 1.42 bits per heavy atom. The van der Waals surface area contributed by atoms with Gasteiger partial charge in [-0.1, -0.05) is 60.7 Å². The molecule has 0 bridgehead atoms. The maximum atomic E-state index is 12.2. The van der Waals surface area contributed by atoms with Crippen LogP contribution in [0.2, 0.25) is 0 Å². The van der Waals surface area contributed by atoms with Gasteiger partial charge in [-0.25, -0.2) is 0 Å². The van der Waals surface area contributed by atoms with Gasteiger partial charge in [0.25, 0.3) is 0 Å². The van der Waals surface area contributed by atoms with Crippen molar-refractivity contribution in [3.63, 3.8) is 0 Å². The first-order valence-corrected chi connectivity index (χ1v) is 6.48. The second-order valence-corrected chi connectivity index (χ2v) is 4.25. The Bertz CT molecular complexity index is 558. The van der Waals surface area contributed by atoms with Crippen LogP contribution in [-0.4, -0.2) is 18.0 Å². The Morgan fingerprint density at radius 3 is 1.95 bits per heavy atom. The Balaban J connectivity index is 2.19. The lowest BCUT2D eigenvalue weighted by atomic mass is 10.0. The van der Waals surface area contributed by atoms with Crippen LogP contribution in [0.25, 0.3) is 0 Å². The summed E-state index contributed by atoms with van der Waals surface area (Å²) in [5.41, 5.74) is 2.62. The molecule has 0 spiro atoms. The highest BCUT2D eigenvalue weighted by Crippen LogP contribution is 2.10. The van der Waals surface area contributed by atoms with E-state index in [1.807, 2.05) is 67.6 Å². The molecule has 2 nitrogen and oxygen atoms in total. The summed E-state index contributed by atoms with van der Waals surface area (Å²) in [6, 6.07) is 19.2. The van der Waals surface area contributed by atoms with E-state index in [4.69, 9.17) is 0 Å². The van der Waals surface area contributed by atoms with Gasteiger partial charge >= 0.3 is 0 Å². The third-order valence-electron chi connectivity index (χ3n) is 2.88. The number of hydrogen-bond donors (Lipinski definition) is 0. The van der Waals surface area contributed by atoms with Crippen LogP contribution in [0.3, 0.4) is 0 Å². The zero-order valence-electron chi connectivity index (χ0n) is 11.0. The van der Waals surface area contributed by atoms with Gasteiger partial charge in [-0.05, 0) is 12.5 Å². The van der Waals surface area contributed by atoms with E-state index in [2.05, 4.69) is 4.99 Å². The van der Waals surface area contributed by atoms with E-state index in [1.54, 1.807) is 0 Å². The van der Waals surface area contributed by atoms with Crippen molar-refractivity contribution >= 4 is 11.5 Å². The topological polar surface area (TPSA) is 29.4 Å². The van der Waals surface area contributed by atoms with Crippen LogP contribution in [0.5, 0.6) is 0 Å². The first-order chi connectivity index (χ1) is 9.31. The largest absolute Gasteiger partial charge is 0.294 e. The molecule has 0 aliphatic carbocycles. The van der Waals surface area contributed by atoms with Crippen molar-refractivity contribution in [2.45, 2.75) is 13.3 Å². The third kappa shape index (κ3) is 3.62. The van der Waals surface area contributed by atoms with Crippen molar-refractivity contribution < 1.29 is 4.79 Å². The Morgan fingerprint density at radius 1 is 0.895 bits per heavy atom. The lowest BCUT2D eigenvalue weighted by Gasteiger charge is -2.06. The van der Waals surface area contributed by atoms with Gasteiger partial charge in [-0.15, -0.1) is 0 Å². The highest BCUT2D eigenvalue weighted by atomic mass is 16.1. The zero-order chi connectivity index (χ0) is 13.5. The number of carbonyl (C=O) groups is 1. The fraction of sp³-hybridized carbons (Fsp3) is 0.176.